The van der Waals surface area contributed by atoms with E-state index in [4.69, 9.17) is 29.6 Å². The van der Waals surface area contributed by atoms with Crippen molar-refractivity contribution in [3.63, 3.8) is 0 Å². The van der Waals surface area contributed by atoms with Crippen LogP contribution >= 0.6 is 23.8 Å². The molecule has 0 amide bonds. The van der Waals surface area contributed by atoms with Crippen LogP contribution in [-0.4, -0.2) is 15.9 Å². The van der Waals surface area contributed by atoms with E-state index in [-0.39, 0.29) is 5.11 Å². The molecule has 1 heterocycles. The number of halogens is 1. The molecule has 0 bridgehead atoms. The Kier molecular flexibility index (Phi) is 4.60. The maximum absolute atomic E-state index is 5.94. The fraction of sp³-hybridized carbons (Fsp3) is 0.0588. The predicted molar refractivity (Wildman–Crippen MR) is 100 cm³/mol. The second-order valence-electron chi connectivity index (χ2n) is 5.09. The zero-order valence-electron chi connectivity index (χ0n) is 12.2. The number of thiocarbonyl (C=S) groups is 1. The number of aromatic nitrogens is 1. The summed E-state index contributed by atoms with van der Waals surface area (Å²) < 4.78 is 2.18. The predicted octanol–water partition coefficient (Wildman–Crippen LogP) is 3.51. The van der Waals surface area contributed by atoms with Gasteiger partial charge in [-0.25, -0.2) is 0 Å². The molecule has 0 atom stereocenters. The van der Waals surface area contributed by atoms with Crippen LogP contribution < -0.4 is 11.2 Å². The number of hydrogen-bond acceptors (Lipinski definition) is 2. The maximum Gasteiger partial charge on any atom is 0.184 e. The van der Waals surface area contributed by atoms with Crippen molar-refractivity contribution in [2.75, 3.05) is 0 Å². The van der Waals surface area contributed by atoms with Crippen LogP contribution in [0.3, 0.4) is 0 Å². The zero-order chi connectivity index (χ0) is 16.2. The molecule has 4 nitrogen and oxygen atoms in total. The average Bonchev–Trinajstić information content (AvgIpc) is 2.88. The molecular formula is C17H15ClN4S. The summed E-state index contributed by atoms with van der Waals surface area (Å²) in [5.41, 5.74) is 11.3. The van der Waals surface area contributed by atoms with Crippen LogP contribution in [0.2, 0.25) is 5.02 Å². The molecule has 0 saturated heterocycles. The molecule has 23 heavy (non-hydrogen) atoms. The molecule has 3 rings (SSSR count). The molecule has 0 radical (unpaired) electrons. The molecule has 2 aromatic carbocycles. The molecule has 0 saturated carbocycles. The van der Waals surface area contributed by atoms with Gasteiger partial charge in [0.05, 0.1) is 6.21 Å². The maximum atomic E-state index is 5.94. The Balaban J connectivity index is 1.95. The van der Waals surface area contributed by atoms with Gasteiger partial charge in [0.2, 0.25) is 0 Å². The Morgan fingerprint density at radius 1 is 1.22 bits per heavy atom. The van der Waals surface area contributed by atoms with Crippen molar-refractivity contribution in [2.24, 2.45) is 10.8 Å². The highest BCUT2D eigenvalue weighted by Crippen LogP contribution is 2.21. The highest BCUT2D eigenvalue weighted by molar-refractivity contribution is 7.80. The van der Waals surface area contributed by atoms with Gasteiger partial charge in [-0.3, -0.25) is 5.43 Å². The lowest BCUT2D eigenvalue weighted by atomic mass is 10.2. The highest BCUT2D eigenvalue weighted by atomic mass is 35.5. The van der Waals surface area contributed by atoms with E-state index >= 15 is 0 Å². The largest absolute Gasteiger partial charge is 0.375 e. The molecule has 6 heteroatoms. The lowest BCUT2D eigenvalue weighted by Crippen LogP contribution is -2.23. The second-order valence-corrected chi connectivity index (χ2v) is 5.97. The summed E-state index contributed by atoms with van der Waals surface area (Å²) in [5.74, 6) is 0. The molecule has 0 unspecified atom stereocenters. The quantitative estimate of drug-likeness (QED) is 0.433. The summed E-state index contributed by atoms with van der Waals surface area (Å²) in [5, 5.41) is 6.05. The molecular weight excluding hydrogens is 328 g/mol. The van der Waals surface area contributed by atoms with E-state index < -0.39 is 0 Å². The van der Waals surface area contributed by atoms with Gasteiger partial charge in [-0.1, -0.05) is 41.9 Å². The van der Waals surface area contributed by atoms with Gasteiger partial charge < -0.3 is 10.3 Å². The topological polar surface area (TPSA) is 55.3 Å². The third-order valence-corrected chi connectivity index (χ3v) is 3.81. The normalized spacial score (nSPS) is 11.2. The van der Waals surface area contributed by atoms with E-state index in [9.17, 15) is 0 Å². The third-order valence-electron chi connectivity index (χ3n) is 3.46. The fourth-order valence-corrected chi connectivity index (χ4v) is 2.64. The van der Waals surface area contributed by atoms with Crippen LogP contribution in [0, 0.1) is 0 Å². The van der Waals surface area contributed by atoms with Crippen molar-refractivity contribution in [2.45, 2.75) is 6.54 Å². The van der Waals surface area contributed by atoms with Crippen molar-refractivity contribution in [3.05, 3.63) is 70.9 Å². The number of hydrazone groups is 1. The van der Waals surface area contributed by atoms with E-state index in [0.29, 0.717) is 0 Å². The first-order chi connectivity index (χ1) is 11.1. The van der Waals surface area contributed by atoms with Gasteiger partial charge in [0.1, 0.15) is 0 Å². The van der Waals surface area contributed by atoms with Crippen LogP contribution in [0.1, 0.15) is 11.1 Å². The molecule has 3 aromatic rings. The second kappa shape index (κ2) is 6.81. The molecule has 116 valence electrons. The number of nitrogens with one attached hydrogen (secondary N) is 1. The number of para-hydroxylation sites is 1. The SMILES string of the molecule is NC(=S)NN=Cc1cn(Cc2ccc(Cl)cc2)c2ccccc12. The van der Waals surface area contributed by atoms with Crippen LogP contribution in [0.4, 0.5) is 0 Å². The molecule has 3 N–H and O–H groups in total. The number of nitrogens with zero attached hydrogens (tertiary/aromatic N) is 2. The minimum absolute atomic E-state index is 0.145. The average molecular weight is 343 g/mol. The Bertz CT molecular complexity index is 868. The third kappa shape index (κ3) is 3.70. The number of nitrogens with two attached hydrogens (primary N) is 1. The van der Waals surface area contributed by atoms with E-state index in [1.165, 1.54) is 5.56 Å². The summed E-state index contributed by atoms with van der Waals surface area (Å²) in [6.45, 7) is 0.758. The van der Waals surface area contributed by atoms with Gasteiger partial charge in [-0.2, -0.15) is 5.10 Å². The van der Waals surface area contributed by atoms with Crippen LogP contribution in [0.25, 0.3) is 10.9 Å². The number of rotatable bonds is 4. The van der Waals surface area contributed by atoms with Crippen molar-refractivity contribution in [3.8, 4) is 0 Å². The zero-order valence-corrected chi connectivity index (χ0v) is 13.8. The molecule has 0 fully saturated rings. The van der Waals surface area contributed by atoms with Crippen molar-refractivity contribution < 1.29 is 0 Å². The Labute approximate surface area is 144 Å². The van der Waals surface area contributed by atoms with Gasteiger partial charge >= 0.3 is 0 Å². The first-order valence-electron chi connectivity index (χ1n) is 7.04. The molecule has 0 aliphatic heterocycles. The smallest absolute Gasteiger partial charge is 0.184 e. The summed E-state index contributed by atoms with van der Waals surface area (Å²) in [6.07, 6.45) is 3.78. The lowest BCUT2D eigenvalue weighted by Gasteiger charge is -2.05. The van der Waals surface area contributed by atoms with E-state index in [2.05, 4.69) is 33.4 Å². The Morgan fingerprint density at radius 2 is 1.96 bits per heavy atom. The van der Waals surface area contributed by atoms with E-state index in [1.807, 2.05) is 36.4 Å². The fourth-order valence-electron chi connectivity index (χ4n) is 2.46. The van der Waals surface area contributed by atoms with E-state index in [0.717, 1.165) is 28.0 Å². The van der Waals surface area contributed by atoms with Gasteiger partial charge in [0.25, 0.3) is 0 Å². The standard InChI is InChI=1S/C17H15ClN4S/c18-14-7-5-12(6-8-14)10-22-11-13(9-20-21-17(19)23)15-3-1-2-4-16(15)22/h1-9,11H,10H2,(H3,19,21,23). The van der Waals surface area contributed by atoms with Gasteiger partial charge in [0, 0.05) is 34.2 Å². The van der Waals surface area contributed by atoms with E-state index in [1.54, 1.807) is 6.21 Å². The Morgan fingerprint density at radius 3 is 2.70 bits per heavy atom. The van der Waals surface area contributed by atoms with Crippen LogP contribution in [0.5, 0.6) is 0 Å². The molecule has 0 spiro atoms. The van der Waals surface area contributed by atoms with Crippen molar-refractivity contribution in [1.82, 2.24) is 9.99 Å². The summed E-state index contributed by atoms with van der Waals surface area (Å²) >= 11 is 10.7. The van der Waals surface area contributed by atoms with Gasteiger partial charge in [-0.15, -0.1) is 0 Å². The van der Waals surface area contributed by atoms with Crippen LogP contribution in [-0.2, 0) is 6.54 Å². The first-order valence-corrected chi connectivity index (χ1v) is 7.83. The summed E-state index contributed by atoms with van der Waals surface area (Å²) in [7, 11) is 0. The minimum atomic E-state index is 0.145. The minimum Gasteiger partial charge on any atom is -0.375 e. The monoisotopic (exact) mass is 342 g/mol. The Hall–Kier alpha value is -2.37. The molecule has 0 aliphatic rings. The number of hydrogen-bond donors (Lipinski definition) is 2. The summed E-state index contributed by atoms with van der Waals surface area (Å²) in [4.78, 5) is 0. The van der Waals surface area contributed by atoms with Crippen molar-refractivity contribution in [1.29, 1.82) is 0 Å². The lowest BCUT2D eigenvalue weighted by molar-refractivity contribution is 0.836. The summed E-state index contributed by atoms with van der Waals surface area (Å²) in [6, 6.07) is 16.0. The molecule has 1 aromatic heterocycles. The highest BCUT2D eigenvalue weighted by Gasteiger charge is 2.07. The van der Waals surface area contributed by atoms with Gasteiger partial charge in [0.15, 0.2) is 5.11 Å². The van der Waals surface area contributed by atoms with Crippen molar-refractivity contribution >= 4 is 46.0 Å². The first kappa shape index (κ1) is 15.5. The number of fused-ring (bicyclic) bond motifs is 1. The molecule has 0 aliphatic carbocycles. The van der Waals surface area contributed by atoms with Crippen LogP contribution in [0.15, 0.2) is 59.8 Å². The number of benzene rings is 2. The van der Waals surface area contributed by atoms with Gasteiger partial charge in [-0.05, 0) is 36.0 Å².